The molecule has 4 rings (SSSR count). The van der Waals surface area contributed by atoms with Gasteiger partial charge in [0.15, 0.2) is 4.77 Å². The summed E-state index contributed by atoms with van der Waals surface area (Å²) in [6.45, 7) is 9.55. The maximum absolute atomic E-state index is 5.67. The van der Waals surface area contributed by atoms with Crippen LogP contribution in [0.5, 0.6) is 0 Å². The number of anilines is 1. The smallest absolute Gasteiger partial charge is 0.199 e. The lowest BCUT2D eigenvalue weighted by Crippen LogP contribution is -2.47. The van der Waals surface area contributed by atoms with E-state index in [1.54, 1.807) is 0 Å². The minimum absolute atomic E-state index is 0.595. The summed E-state index contributed by atoms with van der Waals surface area (Å²) in [5, 5.41) is 4.83. The molecule has 0 amide bonds. The standard InChI is InChI=1S/C19H25N5S/c1-2-10-23-18(16-8-9-16)20-24(19(23)25)15-21-11-13-22(14-12-21)17-6-4-3-5-7-17/h2-7,16H,1,8-15H2. The minimum atomic E-state index is 0.595. The lowest BCUT2D eigenvalue weighted by Gasteiger charge is -2.35. The largest absolute Gasteiger partial charge is 0.369 e. The molecule has 1 saturated heterocycles. The fourth-order valence-electron chi connectivity index (χ4n) is 3.47. The Kier molecular flexibility index (Phi) is 4.72. The van der Waals surface area contributed by atoms with Gasteiger partial charge >= 0.3 is 0 Å². The van der Waals surface area contributed by atoms with Gasteiger partial charge in [-0.25, -0.2) is 4.68 Å². The number of allylic oxidation sites excluding steroid dienone is 1. The molecule has 6 heteroatoms. The molecule has 1 aliphatic carbocycles. The molecule has 1 aliphatic heterocycles. The molecule has 2 fully saturated rings. The molecule has 2 aliphatic rings. The summed E-state index contributed by atoms with van der Waals surface area (Å²) >= 11 is 5.67. The summed E-state index contributed by atoms with van der Waals surface area (Å²) in [5.74, 6) is 1.74. The maximum atomic E-state index is 5.67. The van der Waals surface area contributed by atoms with Crippen LogP contribution >= 0.6 is 12.2 Å². The van der Waals surface area contributed by atoms with Crippen molar-refractivity contribution in [1.82, 2.24) is 19.2 Å². The lowest BCUT2D eigenvalue weighted by atomic mass is 10.2. The minimum Gasteiger partial charge on any atom is -0.369 e. The Morgan fingerprint density at radius 2 is 1.84 bits per heavy atom. The van der Waals surface area contributed by atoms with Crippen molar-refractivity contribution in [3.63, 3.8) is 0 Å². The molecule has 0 bridgehead atoms. The van der Waals surface area contributed by atoms with E-state index < -0.39 is 0 Å². The highest BCUT2D eigenvalue weighted by atomic mass is 32.1. The quantitative estimate of drug-likeness (QED) is 0.588. The normalized spacial score (nSPS) is 18.5. The molecular formula is C19H25N5S. The highest BCUT2D eigenvalue weighted by molar-refractivity contribution is 7.71. The van der Waals surface area contributed by atoms with Crippen molar-refractivity contribution in [3.05, 3.63) is 53.6 Å². The molecule has 25 heavy (non-hydrogen) atoms. The van der Waals surface area contributed by atoms with E-state index in [-0.39, 0.29) is 0 Å². The molecule has 2 aromatic rings. The number of benzene rings is 1. The molecule has 0 radical (unpaired) electrons. The number of piperazine rings is 1. The third-order valence-electron chi connectivity index (χ3n) is 5.03. The van der Waals surface area contributed by atoms with Crippen LogP contribution in [0.2, 0.25) is 0 Å². The maximum Gasteiger partial charge on any atom is 0.199 e. The zero-order valence-corrected chi connectivity index (χ0v) is 15.4. The van der Waals surface area contributed by atoms with E-state index in [1.807, 2.05) is 10.8 Å². The zero-order valence-electron chi connectivity index (χ0n) is 14.5. The topological polar surface area (TPSA) is 29.2 Å². The summed E-state index contributed by atoms with van der Waals surface area (Å²) in [7, 11) is 0. The molecule has 1 aromatic carbocycles. The van der Waals surface area contributed by atoms with Gasteiger partial charge in [-0.2, -0.15) is 5.10 Å². The molecule has 0 spiro atoms. The molecule has 1 aromatic heterocycles. The third kappa shape index (κ3) is 3.55. The predicted molar refractivity (Wildman–Crippen MR) is 103 cm³/mol. The van der Waals surface area contributed by atoms with Crippen LogP contribution in [-0.2, 0) is 13.2 Å². The van der Waals surface area contributed by atoms with E-state index in [1.165, 1.54) is 18.5 Å². The summed E-state index contributed by atoms with van der Waals surface area (Å²) in [6, 6.07) is 10.6. The molecular weight excluding hydrogens is 330 g/mol. The predicted octanol–water partition coefficient (Wildman–Crippen LogP) is 3.26. The monoisotopic (exact) mass is 355 g/mol. The van der Waals surface area contributed by atoms with E-state index in [4.69, 9.17) is 17.3 Å². The Bertz CT molecular complexity index is 782. The van der Waals surface area contributed by atoms with Gasteiger partial charge in [0.25, 0.3) is 0 Å². The highest BCUT2D eigenvalue weighted by Crippen LogP contribution is 2.39. The molecule has 132 valence electrons. The van der Waals surface area contributed by atoms with Crippen molar-refractivity contribution >= 4 is 17.9 Å². The summed E-state index contributed by atoms with van der Waals surface area (Å²) in [6.07, 6.45) is 4.38. The fraction of sp³-hybridized carbons (Fsp3) is 0.474. The van der Waals surface area contributed by atoms with Gasteiger partial charge < -0.3 is 4.90 Å². The fourth-order valence-corrected chi connectivity index (χ4v) is 3.74. The van der Waals surface area contributed by atoms with Gasteiger partial charge in [-0.3, -0.25) is 9.47 Å². The van der Waals surface area contributed by atoms with E-state index in [2.05, 4.69) is 51.3 Å². The van der Waals surface area contributed by atoms with Gasteiger partial charge in [0.2, 0.25) is 0 Å². The average Bonchev–Trinajstić information content (AvgIpc) is 3.45. The van der Waals surface area contributed by atoms with Crippen molar-refractivity contribution in [1.29, 1.82) is 0 Å². The first-order valence-corrected chi connectivity index (χ1v) is 9.48. The van der Waals surface area contributed by atoms with E-state index >= 15 is 0 Å². The van der Waals surface area contributed by atoms with Crippen molar-refractivity contribution in [2.75, 3.05) is 31.1 Å². The second-order valence-electron chi connectivity index (χ2n) is 6.90. The molecule has 0 N–H and O–H groups in total. The first kappa shape index (κ1) is 16.5. The average molecular weight is 356 g/mol. The first-order valence-electron chi connectivity index (χ1n) is 9.07. The van der Waals surface area contributed by atoms with E-state index in [9.17, 15) is 0 Å². The Balaban J connectivity index is 1.43. The van der Waals surface area contributed by atoms with Crippen LogP contribution in [0.15, 0.2) is 43.0 Å². The number of rotatable bonds is 6. The number of aromatic nitrogens is 3. The number of hydrogen-bond donors (Lipinski definition) is 0. The molecule has 5 nitrogen and oxygen atoms in total. The van der Waals surface area contributed by atoms with Crippen LogP contribution in [0, 0.1) is 4.77 Å². The Labute approximate surface area is 154 Å². The number of para-hydroxylation sites is 1. The second kappa shape index (κ2) is 7.14. The third-order valence-corrected chi connectivity index (χ3v) is 5.46. The number of nitrogens with zero attached hydrogens (tertiary/aromatic N) is 5. The van der Waals surface area contributed by atoms with Crippen LogP contribution < -0.4 is 4.90 Å². The van der Waals surface area contributed by atoms with Crippen molar-refractivity contribution < 1.29 is 0 Å². The highest BCUT2D eigenvalue weighted by Gasteiger charge is 2.30. The van der Waals surface area contributed by atoms with Crippen LogP contribution in [0.4, 0.5) is 5.69 Å². The van der Waals surface area contributed by atoms with Gasteiger partial charge in [-0.1, -0.05) is 24.3 Å². The van der Waals surface area contributed by atoms with Crippen LogP contribution in [0.3, 0.4) is 0 Å². The lowest BCUT2D eigenvalue weighted by molar-refractivity contribution is 0.194. The van der Waals surface area contributed by atoms with Gasteiger partial charge in [-0.15, -0.1) is 6.58 Å². The Hall–Kier alpha value is -1.92. The van der Waals surface area contributed by atoms with Gasteiger partial charge in [0, 0.05) is 44.3 Å². The van der Waals surface area contributed by atoms with E-state index in [0.29, 0.717) is 5.92 Å². The van der Waals surface area contributed by atoms with Gasteiger partial charge in [-0.05, 0) is 37.2 Å². The number of hydrogen-bond acceptors (Lipinski definition) is 4. The summed E-state index contributed by atoms with van der Waals surface area (Å²) in [5.41, 5.74) is 1.31. The molecule has 0 unspecified atom stereocenters. The van der Waals surface area contributed by atoms with Gasteiger partial charge in [0.1, 0.15) is 5.82 Å². The van der Waals surface area contributed by atoms with Crippen molar-refractivity contribution in [2.45, 2.75) is 32.0 Å². The Morgan fingerprint density at radius 3 is 2.48 bits per heavy atom. The van der Waals surface area contributed by atoms with Gasteiger partial charge in [0.05, 0.1) is 6.67 Å². The molecule has 1 saturated carbocycles. The van der Waals surface area contributed by atoms with Crippen molar-refractivity contribution in [2.24, 2.45) is 0 Å². The molecule has 0 atom stereocenters. The van der Waals surface area contributed by atoms with Crippen molar-refractivity contribution in [3.8, 4) is 0 Å². The van der Waals surface area contributed by atoms with E-state index in [0.717, 1.165) is 50.0 Å². The zero-order chi connectivity index (χ0) is 17.2. The summed E-state index contributed by atoms with van der Waals surface area (Å²) in [4.78, 5) is 4.89. The second-order valence-corrected chi connectivity index (χ2v) is 7.26. The van der Waals surface area contributed by atoms with Crippen LogP contribution in [-0.4, -0.2) is 45.4 Å². The van der Waals surface area contributed by atoms with Crippen LogP contribution in [0.1, 0.15) is 24.6 Å². The van der Waals surface area contributed by atoms with Crippen LogP contribution in [0.25, 0.3) is 0 Å². The summed E-state index contributed by atoms with van der Waals surface area (Å²) < 4.78 is 4.98. The Morgan fingerprint density at radius 1 is 1.12 bits per heavy atom. The molecule has 2 heterocycles. The first-order chi connectivity index (χ1) is 12.3. The SMILES string of the molecule is C=CCn1c(C2CC2)nn(CN2CCN(c3ccccc3)CC2)c1=S.